The number of fused-ring (bicyclic) bond motifs is 1. The normalized spacial score (nSPS) is 18.8. The number of aromatic nitrogens is 3. The predicted molar refractivity (Wildman–Crippen MR) is 94.9 cm³/mol. The van der Waals surface area contributed by atoms with Crippen molar-refractivity contribution in [1.29, 1.82) is 0 Å². The Kier molecular flexibility index (Phi) is 4.42. The first-order chi connectivity index (χ1) is 11.2. The number of nitrogen functional groups attached to an aromatic ring is 1. The van der Waals surface area contributed by atoms with Gasteiger partial charge in [0, 0.05) is 25.1 Å². The van der Waals surface area contributed by atoms with Gasteiger partial charge in [-0.2, -0.15) is 9.61 Å². The summed E-state index contributed by atoms with van der Waals surface area (Å²) in [6.45, 7) is 6.92. The first-order valence-electron chi connectivity index (χ1n) is 8.02. The average Bonchev–Trinajstić information content (AvgIpc) is 2.88. The molecule has 0 radical (unpaired) electrons. The lowest BCUT2D eigenvalue weighted by Crippen LogP contribution is -2.42. The molecule has 0 saturated carbocycles. The smallest absolute Gasteiger partial charge is 0.410 e. The minimum Gasteiger partial charge on any atom is -0.444 e. The quantitative estimate of drug-likeness (QED) is 0.800. The van der Waals surface area contributed by atoms with E-state index in [0.717, 1.165) is 23.0 Å². The Bertz CT molecular complexity index is 768. The number of rotatable bonds is 1. The van der Waals surface area contributed by atoms with Gasteiger partial charge in [0.1, 0.15) is 11.4 Å². The first kappa shape index (κ1) is 17.0. The van der Waals surface area contributed by atoms with Crippen LogP contribution in [0.25, 0.3) is 5.65 Å². The van der Waals surface area contributed by atoms with Crippen LogP contribution in [0, 0.1) is 0 Å². The number of piperidine rings is 1. The highest BCUT2D eigenvalue weighted by Gasteiger charge is 2.29. The molecule has 2 N–H and O–H groups in total. The molecular formula is C16H22BrN5O2. The third-order valence-corrected chi connectivity index (χ3v) is 4.53. The molecule has 3 heterocycles. The van der Waals surface area contributed by atoms with Crippen LogP contribution in [0.1, 0.15) is 45.2 Å². The summed E-state index contributed by atoms with van der Waals surface area (Å²) in [4.78, 5) is 18.8. The lowest BCUT2D eigenvalue weighted by molar-refractivity contribution is 0.0197. The van der Waals surface area contributed by atoms with E-state index in [2.05, 4.69) is 26.0 Å². The van der Waals surface area contributed by atoms with Gasteiger partial charge in [0.15, 0.2) is 5.65 Å². The van der Waals surface area contributed by atoms with Crippen LogP contribution in [0.4, 0.5) is 10.6 Å². The molecule has 1 unspecified atom stereocenters. The zero-order valence-corrected chi connectivity index (χ0v) is 15.7. The van der Waals surface area contributed by atoms with Crippen LogP contribution in [0.3, 0.4) is 0 Å². The van der Waals surface area contributed by atoms with Crippen molar-refractivity contribution in [2.24, 2.45) is 0 Å². The maximum Gasteiger partial charge on any atom is 0.410 e. The van der Waals surface area contributed by atoms with Crippen molar-refractivity contribution < 1.29 is 9.53 Å². The van der Waals surface area contributed by atoms with Crippen LogP contribution in [0.5, 0.6) is 0 Å². The Morgan fingerprint density at radius 3 is 2.92 bits per heavy atom. The molecule has 1 aliphatic heterocycles. The predicted octanol–water partition coefficient (Wildman–Crippen LogP) is 3.19. The van der Waals surface area contributed by atoms with Crippen molar-refractivity contribution in [2.75, 3.05) is 18.8 Å². The number of hydrogen-bond donors (Lipinski definition) is 1. The molecule has 24 heavy (non-hydrogen) atoms. The zero-order valence-electron chi connectivity index (χ0n) is 14.1. The molecule has 3 rings (SSSR count). The monoisotopic (exact) mass is 395 g/mol. The SMILES string of the molecule is CC(C)(C)OC(=O)N1CCCC(c2cc(N)n3ncc(Br)c3n2)C1. The number of anilines is 1. The van der Waals surface area contributed by atoms with Crippen LogP contribution >= 0.6 is 15.9 Å². The van der Waals surface area contributed by atoms with Crippen LogP contribution in [0.15, 0.2) is 16.7 Å². The summed E-state index contributed by atoms with van der Waals surface area (Å²) in [5, 5.41) is 4.19. The number of carbonyl (C=O) groups is 1. The summed E-state index contributed by atoms with van der Waals surface area (Å²) < 4.78 is 7.88. The molecule has 1 fully saturated rings. The standard InChI is InChI=1S/C16H22BrN5O2/c1-16(2,3)24-15(23)21-6-4-5-10(9-21)12-7-13(18)22-14(20-12)11(17)8-19-22/h7-8,10H,4-6,9,18H2,1-3H3. The third-order valence-electron chi connectivity index (χ3n) is 3.97. The summed E-state index contributed by atoms with van der Waals surface area (Å²) in [5.74, 6) is 0.676. The number of ether oxygens (including phenoxy) is 1. The molecule has 0 bridgehead atoms. The average molecular weight is 396 g/mol. The molecule has 8 heteroatoms. The highest BCUT2D eigenvalue weighted by molar-refractivity contribution is 9.10. The Balaban J connectivity index is 1.82. The number of hydrogen-bond acceptors (Lipinski definition) is 5. The number of halogens is 1. The molecule has 0 aromatic carbocycles. The number of carbonyl (C=O) groups excluding carboxylic acids is 1. The Morgan fingerprint density at radius 1 is 1.46 bits per heavy atom. The highest BCUT2D eigenvalue weighted by Crippen LogP contribution is 2.29. The van der Waals surface area contributed by atoms with E-state index in [4.69, 9.17) is 10.5 Å². The molecule has 130 valence electrons. The van der Waals surface area contributed by atoms with E-state index < -0.39 is 5.60 Å². The van der Waals surface area contributed by atoms with Crippen LogP contribution < -0.4 is 5.73 Å². The van der Waals surface area contributed by atoms with E-state index in [0.29, 0.717) is 24.6 Å². The Hall–Kier alpha value is -1.83. The third kappa shape index (κ3) is 3.48. The molecule has 0 aliphatic carbocycles. The van der Waals surface area contributed by atoms with Crippen LogP contribution in [0.2, 0.25) is 0 Å². The second-order valence-electron chi connectivity index (χ2n) is 7.10. The number of nitrogens with zero attached hydrogens (tertiary/aromatic N) is 4. The molecule has 0 spiro atoms. The van der Waals surface area contributed by atoms with E-state index in [1.54, 1.807) is 15.6 Å². The largest absolute Gasteiger partial charge is 0.444 e. The van der Waals surface area contributed by atoms with Crippen molar-refractivity contribution in [2.45, 2.75) is 45.1 Å². The van der Waals surface area contributed by atoms with Gasteiger partial charge in [-0.3, -0.25) is 0 Å². The molecule has 2 aromatic rings. The van der Waals surface area contributed by atoms with E-state index >= 15 is 0 Å². The summed E-state index contributed by atoms with van der Waals surface area (Å²) >= 11 is 3.44. The Morgan fingerprint density at radius 2 is 2.21 bits per heavy atom. The van der Waals surface area contributed by atoms with Crippen molar-refractivity contribution in [3.05, 3.63) is 22.4 Å². The van der Waals surface area contributed by atoms with Gasteiger partial charge in [-0.15, -0.1) is 0 Å². The lowest BCUT2D eigenvalue weighted by atomic mass is 9.94. The highest BCUT2D eigenvalue weighted by atomic mass is 79.9. The van der Waals surface area contributed by atoms with Crippen molar-refractivity contribution in [3.8, 4) is 0 Å². The second-order valence-corrected chi connectivity index (χ2v) is 7.95. The molecule has 7 nitrogen and oxygen atoms in total. The van der Waals surface area contributed by atoms with Gasteiger partial charge < -0.3 is 15.4 Å². The fraction of sp³-hybridized carbons (Fsp3) is 0.562. The fourth-order valence-electron chi connectivity index (χ4n) is 2.90. The van der Waals surface area contributed by atoms with Gasteiger partial charge >= 0.3 is 6.09 Å². The maximum atomic E-state index is 12.3. The van der Waals surface area contributed by atoms with Gasteiger partial charge in [-0.25, -0.2) is 9.78 Å². The first-order valence-corrected chi connectivity index (χ1v) is 8.81. The summed E-state index contributed by atoms with van der Waals surface area (Å²) in [6.07, 6.45) is 3.29. The van der Waals surface area contributed by atoms with E-state index in [9.17, 15) is 4.79 Å². The van der Waals surface area contributed by atoms with Crippen molar-refractivity contribution in [3.63, 3.8) is 0 Å². The van der Waals surface area contributed by atoms with Gasteiger partial charge in [-0.05, 0) is 49.5 Å². The summed E-state index contributed by atoms with van der Waals surface area (Å²) in [7, 11) is 0. The van der Waals surface area contributed by atoms with Gasteiger partial charge in [-0.1, -0.05) is 0 Å². The van der Waals surface area contributed by atoms with Crippen molar-refractivity contribution in [1.82, 2.24) is 19.5 Å². The molecule has 2 aromatic heterocycles. The van der Waals surface area contributed by atoms with E-state index in [1.807, 2.05) is 26.8 Å². The minimum atomic E-state index is -0.492. The Labute approximate surface area is 149 Å². The van der Waals surface area contributed by atoms with Crippen LogP contribution in [-0.4, -0.2) is 44.3 Å². The lowest BCUT2D eigenvalue weighted by Gasteiger charge is -2.34. The molecule has 1 aliphatic rings. The topological polar surface area (TPSA) is 85.8 Å². The molecular weight excluding hydrogens is 374 g/mol. The summed E-state index contributed by atoms with van der Waals surface area (Å²) in [6, 6.07) is 1.84. The maximum absolute atomic E-state index is 12.3. The second kappa shape index (κ2) is 6.23. The van der Waals surface area contributed by atoms with Gasteiger partial charge in [0.25, 0.3) is 0 Å². The van der Waals surface area contributed by atoms with E-state index in [-0.39, 0.29) is 12.0 Å². The molecule has 1 amide bonds. The summed E-state index contributed by atoms with van der Waals surface area (Å²) in [5.41, 5.74) is 7.17. The van der Waals surface area contributed by atoms with Crippen molar-refractivity contribution >= 4 is 33.5 Å². The molecule has 1 atom stereocenters. The van der Waals surface area contributed by atoms with Crippen LogP contribution in [-0.2, 0) is 4.74 Å². The number of nitrogens with two attached hydrogens (primary N) is 1. The number of likely N-dealkylation sites (tertiary alicyclic amines) is 1. The van der Waals surface area contributed by atoms with E-state index in [1.165, 1.54) is 0 Å². The van der Waals surface area contributed by atoms with Gasteiger partial charge in [0.2, 0.25) is 0 Å². The fourth-order valence-corrected chi connectivity index (χ4v) is 3.25. The zero-order chi connectivity index (χ0) is 17.5. The molecule has 1 saturated heterocycles. The minimum absolute atomic E-state index is 0.139. The number of amides is 1. The van der Waals surface area contributed by atoms with Gasteiger partial charge in [0.05, 0.1) is 16.4 Å².